The van der Waals surface area contributed by atoms with Gasteiger partial charge in [0.1, 0.15) is 17.2 Å². The van der Waals surface area contributed by atoms with Crippen molar-refractivity contribution in [3.63, 3.8) is 0 Å². The van der Waals surface area contributed by atoms with E-state index < -0.39 is 0 Å². The van der Waals surface area contributed by atoms with Gasteiger partial charge in [-0.1, -0.05) is 13.0 Å². The summed E-state index contributed by atoms with van der Waals surface area (Å²) in [4.78, 5) is 2.48. The summed E-state index contributed by atoms with van der Waals surface area (Å²) in [6.07, 6.45) is 4.20. The van der Waals surface area contributed by atoms with Gasteiger partial charge in [-0.3, -0.25) is 0 Å². The maximum Gasteiger partial charge on any atom is 0.127 e. The Labute approximate surface area is 126 Å². The van der Waals surface area contributed by atoms with Crippen LogP contribution in [-0.2, 0) is 0 Å². The maximum absolute atomic E-state index is 13.6. The molecule has 0 aromatic heterocycles. The highest BCUT2D eigenvalue weighted by Gasteiger charge is 2.41. The van der Waals surface area contributed by atoms with Crippen molar-refractivity contribution in [1.29, 1.82) is 0 Å². The Morgan fingerprint density at radius 1 is 1.38 bits per heavy atom. The summed E-state index contributed by atoms with van der Waals surface area (Å²) in [7, 11) is 1.98. The van der Waals surface area contributed by atoms with Gasteiger partial charge in [-0.2, -0.15) is 0 Å². The fourth-order valence-corrected chi connectivity index (χ4v) is 3.74. The fraction of sp³-hybridized carbons (Fsp3) is 0.647. The minimum Gasteiger partial charge on any atom is -0.487 e. The van der Waals surface area contributed by atoms with Crippen LogP contribution in [0, 0.1) is 5.82 Å². The van der Waals surface area contributed by atoms with Crippen LogP contribution in [-0.4, -0.2) is 37.2 Å². The zero-order chi connectivity index (χ0) is 14.9. The van der Waals surface area contributed by atoms with E-state index in [1.54, 1.807) is 6.07 Å². The zero-order valence-electron chi connectivity index (χ0n) is 13.0. The summed E-state index contributed by atoms with van der Waals surface area (Å²) in [5.74, 6) is 0.509. The van der Waals surface area contributed by atoms with Gasteiger partial charge in [0.2, 0.25) is 0 Å². The molecule has 3 rings (SSSR count). The second kappa shape index (κ2) is 5.93. The highest BCUT2D eigenvalue weighted by atomic mass is 19.1. The van der Waals surface area contributed by atoms with Crippen molar-refractivity contribution in [3.8, 4) is 5.75 Å². The van der Waals surface area contributed by atoms with Crippen molar-refractivity contribution in [2.24, 2.45) is 0 Å². The van der Waals surface area contributed by atoms with E-state index in [1.807, 2.05) is 13.1 Å². The quantitative estimate of drug-likeness (QED) is 0.906. The normalized spacial score (nSPS) is 29.8. The molecule has 1 aromatic carbocycles. The van der Waals surface area contributed by atoms with Crippen molar-refractivity contribution in [2.75, 3.05) is 26.7 Å². The summed E-state index contributed by atoms with van der Waals surface area (Å²) in [5.41, 5.74) is 0.944. The SMILES string of the molecule is CCN1CCCC2(CC1)CC(NC)c1ccc(F)cc1O2. The van der Waals surface area contributed by atoms with E-state index in [1.165, 1.54) is 6.07 Å². The van der Waals surface area contributed by atoms with Crippen LogP contribution in [0.4, 0.5) is 4.39 Å². The lowest BCUT2D eigenvalue weighted by molar-refractivity contribution is 0.0174. The molecule has 2 unspecified atom stereocenters. The molecule has 1 aromatic rings. The average Bonchev–Trinajstić information content (AvgIpc) is 2.68. The topological polar surface area (TPSA) is 24.5 Å². The van der Waals surface area contributed by atoms with Crippen molar-refractivity contribution in [1.82, 2.24) is 10.2 Å². The van der Waals surface area contributed by atoms with Crippen molar-refractivity contribution in [2.45, 2.75) is 44.2 Å². The van der Waals surface area contributed by atoms with Gasteiger partial charge in [0, 0.05) is 30.6 Å². The predicted octanol–water partition coefficient (Wildman–Crippen LogP) is 3.11. The monoisotopic (exact) mass is 292 g/mol. The number of ether oxygens (including phenoxy) is 1. The molecule has 0 bridgehead atoms. The third-order valence-electron chi connectivity index (χ3n) is 5.04. The third-order valence-corrected chi connectivity index (χ3v) is 5.04. The largest absolute Gasteiger partial charge is 0.487 e. The Bertz CT molecular complexity index is 508. The smallest absolute Gasteiger partial charge is 0.127 e. The molecule has 0 saturated carbocycles. The van der Waals surface area contributed by atoms with Crippen molar-refractivity contribution < 1.29 is 9.13 Å². The van der Waals surface area contributed by atoms with Crippen LogP contribution in [0.1, 0.15) is 44.2 Å². The molecule has 1 fully saturated rings. The number of hydrogen-bond donors (Lipinski definition) is 1. The maximum atomic E-state index is 13.6. The van der Waals surface area contributed by atoms with Gasteiger partial charge >= 0.3 is 0 Å². The predicted molar refractivity (Wildman–Crippen MR) is 82.1 cm³/mol. The lowest BCUT2D eigenvalue weighted by Crippen LogP contribution is -2.44. The van der Waals surface area contributed by atoms with Crippen molar-refractivity contribution in [3.05, 3.63) is 29.6 Å². The summed E-state index contributed by atoms with van der Waals surface area (Å²) >= 11 is 0. The molecule has 2 atom stereocenters. The van der Waals surface area contributed by atoms with E-state index in [4.69, 9.17) is 4.74 Å². The molecule has 0 amide bonds. The van der Waals surface area contributed by atoms with Crippen LogP contribution in [0.2, 0.25) is 0 Å². The molecule has 116 valence electrons. The van der Waals surface area contributed by atoms with Crippen LogP contribution in [0.3, 0.4) is 0 Å². The van der Waals surface area contributed by atoms with Gasteiger partial charge in [0.05, 0.1) is 0 Å². The van der Waals surface area contributed by atoms with E-state index in [-0.39, 0.29) is 17.5 Å². The molecular formula is C17H25FN2O. The standard InChI is InChI=1S/C17H25FN2O/c1-3-20-9-4-7-17(8-10-20)12-15(19-2)14-6-5-13(18)11-16(14)21-17/h5-6,11,15,19H,3-4,7-10,12H2,1-2H3. The number of rotatable bonds is 2. The van der Waals surface area contributed by atoms with Gasteiger partial charge in [-0.15, -0.1) is 0 Å². The van der Waals surface area contributed by atoms with Gasteiger partial charge in [0.15, 0.2) is 0 Å². The molecule has 2 heterocycles. The second-order valence-corrected chi connectivity index (χ2v) is 6.30. The number of fused-ring (bicyclic) bond motifs is 1. The first-order valence-corrected chi connectivity index (χ1v) is 8.04. The van der Waals surface area contributed by atoms with Crippen LogP contribution >= 0.6 is 0 Å². The molecule has 1 spiro atoms. The summed E-state index contributed by atoms with van der Waals surface area (Å²) in [6, 6.07) is 5.18. The lowest BCUT2D eigenvalue weighted by Gasteiger charge is -2.42. The van der Waals surface area contributed by atoms with E-state index in [2.05, 4.69) is 17.1 Å². The lowest BCUT2D eigenvalue weighted by atomic mass is 9.82. The third kappa shape index (κ3) is 2.92. The Kier molecular flexibility index (Phi) is 4.18. The van der Waals surface area contributed by atoms with Crippen LogP contribution in [0.5, 0.6) is 5.75 Å². The first-order valence-electron chi connectivity index (χ1n) is 8.04. The zero-order valence-corrected chi connectivity index (χ0v) is 13.0. The van der Waals surface area contributed by atoms with E-state index in [9.17, 15) is 4.39 Å². The second-order valence-electron chi connectivity index (χ2n) is 6.30. The molecule has 21 heavy (non-hydrogen) atoms. The molecule has 0 aliphatic carbocycles. The van der Waals surface area contributed by atoms with Gasteiger partial charge in [-0.05, 0) is 45.5 Å². The first-order chi connectivity index (χ1) is 10.2. The van der Waals surface area contributed by atoms with Crippen LogP contribution < -0.4 is 10.1 Å². The van der Waals surface area contributed by atoms with Crippen LogP contribution in [0.15, 0.2) is 18.2 Å². The number of nitrogens with one attached hydrogen (secondary N) is 1. The Morgan fingerprint density at radius 3 is 3.00 bits per heavy atom. The van der Waals surface area contributed by atoms with Crippen LogP contribution in [0.25, 0.3) is 0 Å². The van der Waals surface area contributed by atoms with Gasteiger partial charge in [-0.25, -0.2) is 4.39 Å². The molecular weight excluding hydrogens is 267 g/mol. The van der Waals surface area contributed by atoms with Crippen molar-refractivity contribution >= 4 is 0 Å². The highest BCUT2D eigenvalue weighted by Crippen LogP contribution is 2.44. The molecule has 4 heteroatoms. The average molecular weight is 292 g/mol. The molecule has 1 N–H and O–H groups in total. The number of benzene rings is 1. The summed E-state index contributed by atoms with van der Waals surface area (Å²) in [5, 5.41) is 3.38. The molecule has 1 saturated heterocycles. The number of halogens is 1. The fourth-order valence-electron chi connectivity index (χ4n) is 3.74. The first kappa shape index (κ1) is 14.8. The Balaban J connectivity index is 1.88. The van der Waals surface area contributed by atoms with E-state index in [0.717, 1.165) is 56.6 Å². The Morgan fingerprint density at radius 2 is 2.24 bits per heavy atom. The molecule has 0 radical (unpaired) electrons. The Hall–Kier alpha value is -1.13. The summed E-state index contributed by atoms with van der Waals surface area (Å²) in [6.45, 7) is 5.51. The number of likely N-dealkylation sites (tertiary alicyclic amines) is 1. The van der Waals surface area contributed by atoms with E-state index in [0.29, 0.717) is 0 Å². The highest BCUT2D eigenvalue weighted by molar-refractivity contribution is 5.39. The summed E-state index contributed by atoms with van der Waals surface area (Å²) < 4.78 is 19.9. The van der Waals surface area contributed by atoms with E-state index >= 15 is 0 Å². The van der Waals surface area contributed by atoms with Gasteiger partial charge in [0.25, 0.3) is 0 Å². The molecule has 2 aliphatic heterocycles. The minimum atomic E-state index is -0.218. The minimum absolute atomic E-state index is 0.140. The number of hydrogen-bond acceptors (Lipinski definition) is 3. The number of nitrogens with zero attached hydrogens (tertiary/aromatic N) is 1. The molecule has 3 nitrogen and oxygen atoms in total. The molecule has 2 aliphatic rings. The van der Waals surface area contributed by atoms with Gasteiger partial charge < -0.3 is 15.0 Å².